The Labute approximate surface area is 118 Å². The predicted octanol–water partition coefficient (Wildman–Crippen LogP) is 1.62. The van der Waals surface area contributed by atoms with Crippen molar-refractivity contribution in [1.82, 2.24) is 9.80 Å². The van der Waals surface area contributed by atoms with E-state index in [9.17, 15) is 9.18 Å². The quantitative estimate of drug-likeness (QED) is 0.788. The number of amides is 1. The van der Waals surface area contributed by atoms with Gasteiger partial charge in [0.2, 0.25) is 5.91 Å². The van der Waals surface area contributed by atoms with Gasteiger partial charge in [-0.25, -0.2) is 4.39 Å². The van der Waals surface area contributed by atoms with Gasteiger partial charge in [0.15, 0.2) is 11.6 Å². The third kappa shape index (κ3) is 3.57. The second-order valence-electron chi connectivity index (χ2n) is 4.86. The lowest BCUT2D eigenvalue weighted by molar-refractivity contribution is -0.127. The molecule has 1 aromatic carbocycles. The van der Waals surface area contributed by atoms with E-state index in [0.717, 1.165) is 26.2 Å². The summed E-state index contributed by atoms with van der Waals surface area (Å²) in [7, 11) is 3.46. The molecule has 108 valence electrons. The zero-order chi connectivity index (χ0) is 14.5. The van der Waals surface area contributed by atoms with Crippen LogP contribution < -0.4 is 4.74 Å². The second kappa shape index (κ2) is 6.52. The summed E-state index contributed by atoms with van der Waals surface area (Å²) in [5.41, 5.74) is 0.644. The number of methoxy groups -OCH3 is 1. The number of piperazine rings is 1. The molecule has 1 saturated heterocycles. The number of halogens is 1. The van der Waals surface area contributed by atoms with E-state index in [2.05, 4.69) is 4.90 Å². The van der Waals surface area contributed by atoms with E-state index in [-0.39, 0.29) is 11.7 Å². The summed E-state index contributed by atoms with van der Waals surface area (Å²) in [5, 5.41) is 0. The molecule has 0 N–H and O–H groups in total. The van der Waals surface area contributed by atoms with Crippen molar-refractivity contribution >= 4 is 12.0 Å². The fraction of sp³-hybridized carbons (Fsp3) is 0.400. The van der Waals surface area contributed by atoms with Crippen molar-refractivity contribution in [2.24, 2.45) is 0 Å². The first-order valence-electron chi connectivity index (χ1n) is 6.59. The van der Waals surface area contributed by atoms with Crippen LogP contribution in [0.5, 0.6) is 5.75 Å². The lowest BCUT2D eigenvalue weighted by Gasteiger charge is -2.31. The van der Waals surface area contributed by atoms with Crippen LogP contribution >= 0.6 is 0 Å². The van der Waals surface area contributed by atoms with Gasteiger partial charge >= 0.3 is 0 Å². The number of benzene rings is 1. The van der Waals surface area contributed by atoms with Crippen molar-refractivity contribution in [3.8, 4) is 5.75 Å². The van der Waals surface area contributed by atoms with Gasteiger partial charge in [-0.1, -0.05) is 6.07 Å². The Bertz CT molecular complexity index is 509. The highest BCUT2D eigenvalue weighted by molar-refractivity contribution is 5.91. The molecule has 20 heavy (non-hydrogen) atoms. The Balaban J connectivity index is 1.98. The molecule has 0 aliphatic carbocycles. The van der Waals surface area contributed by atoms with Gasteiger partial charge in [-0.3, -0.25) is 4.79 Å². The van der Waals surface area contributed by atoms with Crippen LogP contribution in [0.3, 0.4) is 0 Å². The number of hydrogen-bond acceptors (Lipinski definition) is 3. The van der Waals surface area contributed by atoms with Gasteiger partial charge in [0.1, 0.15) is 0 Å². The van der Waals surface area contributed by atoms with E-state index in [4.69, 9.17) is 4.74 Å². The highest BCUT2D eigenvalue weighted by atomic mass is 19.1. The van der Waals surface area contributed by atoms with Crippen LogP contribution in [0.15, 0.2) is 24.3 Å². The van der Waals surface area contributed by atoms with Gasteiger partial charge < -0.3 is 14.5 Å². The van der Waals surface area contributed by atoms with Crippen molar-refractivity contribution in [2.75, 3.05) is 40.3 Å². The molecule has 0 bridgehead atoms. The molecule has 0 saturated carbocycles. The van der Waals surface area contributed by atoms with Crippen LogP contribution in [0.2, 0.25) is 0 Å². The molecule has 1 fully saturated rings. The lowest BCUT2D eigenvalue weighted by Crippen LogP contribution is -2.46. The zero-order valence-electron chi connectivity index (χ0n) is 11.8. The summed E-state index contributed by atoms with van der Waals surface area (Å²) in [4.78, 5) is 16.0. The maximum Gasteiger partial charge on any atom is 0.246 e. The van der Waals surface area contributed by atoms with Gasteiger partial charge in [-0.05, 0) is 30.8 Å². The number of likely N-dealkylation sites (N-methyl/N-ethyl adjacent to an activating group) is 1. The Kier molecular flexibility index (Phi) is 4.74. The summed E-state index contributed by atoms with van der Waals surface area (Å²) in [6.07, 6.45) is 3.12. The molecule has 1 amide bonds. The first-order chi connectivity index (χ1) is 9.60. The Morgan fingerprint density at radius 3 is 2.60 bits per heavy atom. The number of nitrogens with zero attached hydrogens (tertiary/aromatic N) is 2. The Morgan fingerprint density at radius 2 is 2.00 bits per heavy atom. The van der Waals surface area contributed by atoms with Crippen molar-refractivity contribution in [3.05, 3.63) is 35.7 Å². The molecule has 0 spiro atoms. The highest BCUT2D eigenvalue weighted by Crippen LogP contribution is 2.18. The Hall–Kier alpha value is -1.88. The van der Waals surface area contributed by atoms with E-state index >= 15 is 0 Å². The molecule has 1 heterocycles. The summed E-state index contributed by atoms with van der Waals surface area (Å²) in [6.45, 7) is 3.24. The van der Waals surface area contributed by atoms with E-state index < -0.39 is 5.82 Å². The molecule has 0 aromatic heterocycles. The van der Waals surface area contributed by atoms with Crippen LogP contribution in [0.1, 0.15) is 5.56 Å². The van der Waals surface area contributed by atoms with E-state index in [1.54, 1.807) is 23.1 Å². The standard InChI is InChI=1S/C15H19FN2O2/c1-17-7-9-18(10-8-17)15(19)6-4-12-3-5-14(20-2)13(16)11-12/h3-6,11H,7-10H2,1-2H3. The number of carbonyl (C=O) groups is 1. The lowest BCUT2D eigenvalue weighted by atomic mass is 10.2. The normalized spacial score (nSPS) is 16.6. The van der Waals surface area contributed by atoms with Crippen LogP contribution in [0, 0.1) is 5.82 Å². The van der Waals surface area contributed by atoms with Crippen LogP contribution in [-0.2, 0) is 4.79 Å². The predicted molar refractivity (Wildman–Crippen MR) is 76.1 cm³/mol. The Morgan fingerprint density at radius 1 is 1.30 bits per heavy atom. The molecule has 0 radical (unpaired) electrons. The zero-order valence-corrected chi connectivity index (χ0v) is 11.8. The smallest absolute Gasteiger partial charge is 0.246 e. The average Bonchev–Trinajstić information content (AvgIpc) is 2.45. The van der Waals surface area contributed by atoms with Crippen LogP contribution in [-0.4, -0.2) is 56.0 Å². The molecular formula is C15H19FN2O2. The molecule has 1 aromatic rings. The minimum absolute atomic E-state index is 0.0330. The molecule has 5 heteroatoms. The SMILES string of the molecule is COc1ccc(C=CC(=O)N2CCN(C)CC2)cc1F. The summed E-state index contributed by atoms with van der Waals surface area (Å²) in [6, 6.07) is 4.62. The first-order valence-corrected chi connectivity index (χ1v) is 6.59. The fourth-order valence-electron chi connectivity index (χ4n) is 2.09. The number of rotatable bonds is 3. The van der Waals surface area contributed by atoms with E-state index in [0.29, 0.717) is 5.56 Å². The van der Waals surface area contributed by atoms with Crippen LogP contribution in [0.25, 0.3) is 6.08 Å². The maximum absolute atomic E-state index is 13.5. The third-order valence-corrected chi connectivity index (χ3v) is 3.41. The summed E-state index contributed by atoms with van der Waals surface area (Å²) >= 11 is 0. The van der Waals surface area contributed by atoms with Crippen molar-refractivity contribution in [1.29, 1.82) is 0 Å². The summed E-state index contributed by atoms with van der Waals surface area (Å²) in [5.74, 6) is -0.261. The van der Waals surface area contributed by atoms with Crippen LogP contribution in [0.4, 0.5) is 4.39 Å². The van der Waals surface area contributed by atoms with Crippen molar-refractivity contribution in [2.45, 2.75) is 0 Å². The monoisotopic (exact) mass is 278 g/mol. The van der Waals surface area contributed by atoms with Gasteiger partial charge in [-0.15, -0.1) is 0 Å². The minimum atomic E-state index is -0.429. The van der Waals surface area contributed by atoms with Crippen molar-refractivity contribution in [3.63, 3.8) is 0 Å². The molecule has 1 aliphatic rings. The molecule has 4 nitrogen and oxygen atoms in total. The third-order valence-electron chi connectivity index (χ3n) is 3.41. The number of carbonyl (C=O) groups excluding carboxylic acids is 1. The van der Waals surface area contributed by atoms with E-state index in [1.165, 1.54) is 19.3 Å². The molecule has 0 atom stereocenters. The summed E-state index contributed by atoms with van der Waals surface area (Å²) < 4.78 is 18.4. The van der Waals surface area contributed by atoms with Gasteiger partial charge in [-0.2, -0.15) is 0 Å². The van der Waals surface area contributed by atoms with E-state index in [1.807, 2.05) is 7.05 Å². The minimum Gasteiger partial charge on any atom is -0.494 e. The second-order valence-corrected chi connectivity index (χ2v) is 4.86. The largest absolute Gasteiger partial charge is 0.494 e. The number of ether oxygens (including phenoxy) is 1. The highest BCUT2D eigenvalue weighted by Gasteiger charge is 2.16. The molecule has 0 unspecified atom stereocenters. The first kappa shape index (κ1) is 14.5. The molecule has 2 rings (SSSR count). The van der Waals surface area contributed by atoms with Gasteiger partial charge in [0.25, 0.3) is 0 Å². The van der Waals surface area contributed by atoms with Crippen molar-refractivity contribution < 1.29 is 13.9 Å². The fourth-order valence-corrected chi connectivity index (χ4v) is 2.09. The molecule has 1 aliphatic heterocycles. The van der Waals surface area contributed by atoms with Gasteiger partial charge in [0.05, 0.1) is 7.11 Å². The topological polar surface area (TPSA) is 32.8 Å². The number of hydrogen-bond donors (Lipinski definition) is 0. The van der Waals surface area contributed by atoms with Gasteiger partial charge in [0, 0.05) is 32.3 Å². The molecular weight excluding hydrogens is 259 g/mol. The maximum atomic E-state index is 13.5. The average molecular weight is 278 g/mol.